The molecule has 2 amide bonds. The summed E-state index contributed by atoms with van der Waals surface area (Å²) in [5.74, 6) is -4.70. The minimum Gasteiger partial charge on any atom is -0.503 e. The van der Waals surface area contributed by atoms with Gasteiger partial charge >= 0.3 is 0 Å². The van der Waals surface area contributed by atoms with Gasteiger partial charge in [0.25, 0.3) is 0 Å². The van der Waals surface area contributed by atoms with Crippen molar-refractivity contribution < 1.29 is 29.0 Å². The van der Waals surface area contributed by atoms with Gasteiger partial charge in [0.15, 0.2) is 23.1 Å². The third-order valence-electron chi connectivity index (χ3n) is 12.3. The molecule has 5 aromatic carbocycles. The van der Waals surface area contributed by atoms with Crippen molar-refractivity contribution in [2.24, 2.45) is 23.7 Å². The van der Waals surface area contributed by atoms with Crippen LogP contribution >= 0.6 is 31.9 Å². The van der Waals surface area contributed by atoms with E-state index in [9.17, 15) is 14.7 Å². The topological polar surface area (TPSA) is 113 Å². The summed E-state index contributed by atoms with van der Waals surface area (Å²) in [6.07, 6.45) is 3.96. The first-order valence-corrected chi connectivity index (χ1v) is 20.4. The van der Waals surface area contributed by atoms with Gasteiger partial charge in [-0.1, -0.05) is 90.5 Å². The summed E-state index contributed by atoms with van der Waals surface area (Å²) in [7, 11) is 1.45. The van der Waals surface area contributed by atoms with E-state index >= 15 is 9.59 Å². The number of nitrogens with one attached hydrogen (secondary N) is 1. The number of hydrogen-bond donors (Lipinski definition) is 2. The van der Waals surface area contributed by atoms with Crippen LogP contribution in [0.1, 0.15) is 35.4 Å². The van der Waals surface area contributed by atoms with Crippen LogP contribution in [0.15, 0.2) is 148 Å². The summed E-state index contributed by atoms with van der Waals surface area (Å²) in [5, 5.41) is 14.4. The van der Waals surface area contributed by atoms with Crippen molar-refractivity contribution in [2.45, 2.75) is 24.2 Å². The fourth-order valence-electron chi connectivity index (χ4n) is 9.83. The molecule has 3 aliphatic carbocycles. The van der Waals surface area contributed by atoms with Gasteiger partial charge in [0, 0.05) is 33.3 Å². The van der Waals surface area contributed by atoms with Crippen LogP contribution in [0.5, 0.6) is 11.5 Å². The number of aromatic hydroxyl groups is 1. The number of benzene rings is 5. The normalized spacial score (nSPS) is 25.2. The van der Waals surface area contributed by atoms with Gasteiger partial charge in [-0.25, -0.2) is 0 Å². The Bertz CT molecular complexity index is 2520. The van der Waals surface area contributed by atoms with Crippen LogP contribution in [-0.4, -0.2) is 35.6 Å². The molecular formula is C47H36Br2N2O6. The molecule has 57 heavy (non-hydrogen) atoms. The molecule has 1 saturated carbocycles. The van der Waals surface area contributed by atoms with Crippen LogP contribution in [0.3, 0.4) is 0 Å². The van der Waals surface area contributed by atoms with Crippen molar-refractivity contribution in [3.63, 3.8) is 0 Å². The lowest BCUT2D eigenvalue weighted by Gasteiger charge is -2.55. The first-order chi connectivity index (χ1) is 27.6. The number of Topliss-reactive ketones (excluding diaryl/α,β-unsaturated/α-hetero) is 1. The number of para-hydroxylation sites is 1. The molecule has 6 atom stereocenters. The number of carbonyl (C=O) groups excluding carboxylic acids is 4. The van der Waals surface area contributed by atoms with E-state index in [0.29, 0.717) is 36.9 Å². The van der Waals surface area contributed by atoms with Crippen LogP contribution in [0.4, 0.5) is 17.1 Å². The molecule has 8 nitrogen and oxygen atoms in total. The highest BCUT2D eigenvalue weighted by atomic mass is 79.9. The van der Waals surface area contributed by atoms with Crippen LogP contribution < -0.4 is 15.0 Å². The van der Waals surface area contributed by atoms with E-state index in [0.717, 1.165) is 16.9 Å². The molecule has 5 aromatic rings. The Hall–Kier alpha value is -5.58. The summed E-state index contributed by atoms with van der Waals surface area (Å²) >= 11 is 7.31. The average molecular weight is 885 g/mol. The first kappa shape index (κ1) is 37.0. The number of ether oxygens (including phenoxy) is 1. The number of halogens is 2. The van der Waals surface area contributed by atoms with Crippen molar-refractivity contribution in [3.8, 4) is 11.5 Å². The zero-order chi connectivity index (χ0) is 39.6. The number of amides is 2. The second-order valence-corrected chi connectivity index (χ2v) is 16.6. The Kier molecular flexibility index (Phi) is 9.36. The largest absolute Gasteiger partial charge is 0.503 e. The number of rotatable bonds is 7. The van der Waals surface area contributed by atoms with Crippen molar-refractivity contribution in [1.29, 1.82) is 0 Å². The number of phenolic OH excluding ortho intramolecular Hbond substituents is 1. The molecule has 0 aromatic heterocycles. The van der Waals surface area contributed by atoms with Crippen molar-refractivity contribution >= 4 is 77.9 Å². The molecule has 2 fully saturated rings. The Balaban J connectivity index is 1.21. The van der Waals surface area contributed by atoms with Gasteiger partial charge in [0.2, 0.25) is 11.8 Å². The van der Waals surface area contributed by atoms with Crippen LogP contribution in [0.25, 0.3) is 5.57 Å². The smallest absolute Gasteiger partial charge is 0.238 e. The standard InChI is InChI=1S/C47H36Br2N2O6/c1-57-37-24-35(41(48)42(49)44(37)54)40-31-21-22-32-39(46(56)51(45(32)55)30-19-17-29(18-20-30)50-28-15-9-4-10-16-28)34(31)23-36-43(53)33(26-11-5-2-6-12-26)25-38(52)47(36,40)27-13-7-3-8-14-27/h2-21,24-25,32,34,36,39-40,50,54H,22-23H2,1H3. The molecule has 1 saturated heterocycles. The minimum absolute atomic E-state index is 0.127. The van der Waals surface area contributed by atoms with Crippen LogP contribution in [-0.2, 0) is 24.6 Å². The lowest BCUT2D eigenvalue weighted by Crippen LogP contribution is -2.59. The number of phenols is 1. The second-order valence-electron chi connectivity index (χ2n) is 15.0. The number of fused-ring (bicyclic) bond motifs is 4. The molecule has 284 valence electrons. The number of imide groups is 1. The monoisotopic (exact) mass is 882 g/mol. The van der Waals surface area contributed by atoms with E-state index in [1.807, 2.05) is 109 Å². The third kappa shape index (κ3) is 5.75. The average Bonchev–Trinajstić information content (AvgIpc) is 3.50. The number of anilines is 3. The van der Waals surface area contributed by atoms with Crippen molar-refractivity contribution in [3.05, 3.63) is 165 Å². The van der Waals surface area contributed by atoms with E-state index in [1.54, 1.807) is 18.2 Å². The van der Waals surface area contributed by atoms with Gasteiger partial charge < -0.3 is 15.2 Å². The highest BCUT2D eigenvalue weighted by Gasteiger charge is 2.66. The predicted molar refractivity (Wildman–Crippen MR) is 225 cm³/mol. The van der Waals surface area contributed by atoms with Crippen LogP contribution in [0, 0.1) is 23.7 Å². The van der Waals surface area contributed by atoms with E-state index in [1.165, 1.54) is 18.1 Å². The first-order valence-electron chi connectivity index (χ1n) is 18.8. The number of methoxy groups -OCH3 is 1. The zero-order valence-electron chi connectivity index (χ0n) is 30.7. The molecule has 1 heterocycles. The summed E-state index contributed by atoms with van der Waals surface area (Å²) in [6, 6.07) is 37.2. The van der Waals surface area contributed by atoms with E-state index in [-0.39, 0.29) is 47.7 Å². The zero-order valence-corrected chi connectivity index (χ0v) is 33.9. The van der Waals surface area contributed by atoms with Crippen molar-refractivity contribution in [2.75, 3.05) is 17.3 Å². The lowest BCUT2D eigenvalue weighted by molar-refractivity contribution is -0.135. The molecule has 10 heteroatoms. The fraction of sp³-hybridized carbons (Fsp3) is 0.191. The van der Waals surface area contributed by atoms with Gasteiger partial charge in [0.05, 0.1) is 34.5 Å². The molecule has 0 radical (unpaired) electrons. The predicted octanol–water partition coefficient (Wildman–Crippen LogP) is 9.70. The summed E-state index contributed by atoms with van der Waals surface area (Å²) in [5.41, 5.74) is 3.77. The SMILES string of the molecule is COc1cc(C2C3=CCC4C(=O)N(c5ccc(Nc6ccccc6)cc5)C(=O)C4C3CC3C(=O)C(c4ccccc4)=CC(=O)C32c2ccccc2)c(Br)c(Br)c1O. The maximum absolute atomic E-state index is 15.4. The number of allylic oxidation sites excluding steroid dienone is 4. The van der Waals surface area contributed by atoms with Crippen LogP contribution in [0.2, 0.25) is 0 Å². The van der Waals surface area contributed by atoms with Gasteiger partial charge in [-0.3, -0.25) is 24.1 Å². The molecule has 1 aliphatic heterocycles. The lowest BCUT2D eigenvalue weighted by atomic mass is 9.44. The van der Waals surface area contributed by atoms with Gasteiger partial charge in [-0.15, -0.1) is 0 Å². The highest BCUT2D eigenvalue weighted by Crippen LogP contribution is 2.65. The Morgan fingerprint density at radius 2 is 1.40 bits per heavy atom. The number of nitrogens with zero attached hydrogens (tertiary/aromatic N) is 1. The Labute approximate surface area is 346 Å². The summed E-state index contributed by atoms with van der Waals surface area (Å²) < 4.78 is 6.47. The van der Waals surface area contributed by atoms with E-state index < -0.39 is 35.0 Å². The van der Waals surface area contributed by atoms with E-state index in [4.69, 9.17) is 4.74 Å². The Morgan fingerprint density at radius 3 is 2.07 bits per heavy atom. The molecular weight excluding hydrogens is 848 g/mol. The summed E-state index contributed by atoms with van der Waals surface area (Å²) in [4.78, 5) is 61.2. The van der Waals surface area contributed by atoms with Crippen molar-refractivity contribution in [1.82, 2.24) is 0 Å². The maximum Gasteiger partial charge on any atom is 0.238 e. The summed E-state index contributed by atoms with van der Waals surface area (Å²) in [6.45, 7) is 0. The fourth-order valence-corrected chi connectivity index (χ4v) is 10.8. The molecule has 0 bridgehead atoms. The number of carbonyl (C=O) groups is 4. The van der Waals surface area contributed by atoms with Gasteiger partial charge in [0.1, 0.15) is 0 Å². The molecule has 6 unspecified atom stereocenters. The molecule has 2 N–H and O–H groups in total. The Morgan fingerprint density at radius 1 is 0.772 bits per heavy atom. The maximum atomic E-state index is 15.4. The molecule has 4 aliphatic rings. The second kappa shape index (κ2) is 14.4. The molecule has 0 spiro atoms. The third-order valence-corrected chi connectivity index (χ3v) is 14.4. The van der Waals surface area contributed by atoms with Gasteiger partial charge in [-0.05, 0) is 116 Å². The quantitative estimate of drug-likeness (QED) is 0.124. The molecule has 9 rings (SSSR count). The van der Waals surface area contributed by atoms with Gasteiger partial charge in [-0.2, -0.15) is 0 Å². The number of hydrogen-bond acceptors (Lipinski definition) is 7. The highest BCUT2D eigenvalue weighted by molar-refractivity contribution is 9.13. The van der Waals surface area contributed by atoms with E-state index in [2.05, 4.69) is 37.2 Å². The number of ketones is 2. The minimum atomic E-state index is -1.44.